The van der Waals surface area contributed by atoms with Crippen molar-refractivity contribution in [1.29, 1.82) is 0 Å². The number of ketones is 1. The second-order valence-electron chi connectivity index (χ2n) is 3.92. The largest absolute Gasteiger partial charge is 0.378 e. The number of aromatic nitrogens is 2. The van der Waals surface area contributed by atoms with Crippen LogP contribution in [0.4, 0.5) is 11.6 Å². The Kier molecular flexibility index (Phi) is 3.87. The van der Waals surface area contributed by atoms with Gasteiger partial charge in [-0.15, -0.1) is 0 Å². The second kappa shape index (κ2) is 5.58. The highest BCUT2D eigenvalue weighted by Crippen LogP contribution is 2.15. The van der Waals surface area contributed by atoms with Crippen molar-refractivity contribution < 1.29 is 9.53 Å². The summed E-state index contributed by atoms with van der Waals surface area (Å²) in [6.45, 7) is 4.95. The van der Waals surface area contributed by atoms with Gasteiger partial charge in [0, 0.05) is 19.2 Å². The van der Waals surface area contributed by atoms with Gasteiger partial charge in [-0.3, -0.25) is 4.79 Å². The standard InChI is InChI=1S/C11H16N4O2/c1-9(16)7-12-10-6-11(14-8-13-10)15-2-4-17-5-3-15/h6,8H,2-5,7H2,1H3,(H,12,13,14). The van der Waals surface area contributed by atoms with E-state index < -0.39 is 0 Å². The van der Waals surface area contributed by atoms with Gasteiger partial charge in [-0.25, -0.2) is 9.97 Å². The Bertz CT molecular complexity index is 391. The van der Waals surface area contributed by atoms with E-state index in [1.807, 2.05) is 6.07 Å². The van der Waals surface area contributed by atoms with Crippen LogP contribution in [0.5, 0.6) is 0 Å². The van der Waals surface area contributed by atoms with E-state index >= 15 is 0 Å². The highest BCUT2D eigenvalue weighted by atomic mass is 16.5. The van der Waals surface area contributed by atoms with Gasteiger partial charge in [0.25, 0.3) is 0 Å². The van der Waals surface area contributed by atoms with Crippen molar-refractivity contribution >= 4 is 17.4 Å². The molecule has 0 radical (unpaired) electrons. The van der Waals surface area contributed by atoms with Crippen LogP contribution in [-0.2, 0) is 9.53 Å². The molecule has 1 aromatic heterocycles. The van der Waals surface area contributed by atoms with Crippen LogP contribution in [0.25, 0.3) is 0 Å². The van der Waals surface area contributed by atoms with E-state index in [1.165, 1.54) is 13.3 Å². The number of Topliss-reactive ketones (excluding diaryl/α,β-unsaturated/α-hetero) is 1. The molecule has 1 saturated heterocycles. The highest BCUT2D eigenvalue weighted by molar-refractivity contribution is 5.80. The predicted octanol–water partition coefficient (Wildman–Crippen LogP) is 0.314. The van der Waals surface area contributed by atoms with Crippen LogP contribution in [0.15, 0.2) is 12.4 Å². The molecule has 0 amide bonds. The monoisotopic (exact) mass is 236 g/mol. The van der Waals surface area contributed by atoms with Crippen molar-refractivity contribution in [3.8, 4) is 0 Å². The van der Waals surface area contributed by atoms with E-state index in [-0.39, 0.29) is 5.78 Å². The molecule has 17 heavy (non-hydrogen) atoms. The van der Waals surface area contributed by atoms with Crippen molar-refractivity contribution in [3.63, 3.8) is 0 Å². The second-order valence-corrected chi connectivity index (χ2v) is 3.92. The van der Waals surface area contributed by atoms with Gasteiger partial charge in [-0.05, 0) is 6.92 Å². The molecule has 0 saturated carbocycles. The third-order valence-electron chi connectivity index (χ3n) is 2.51. The van der Waals surface area contributed by atoms with Gasteiger partial charge in [0.1, 0.15) is 23.7 Å². The third-order valence-corrected chi connectivity index (χ3v) is 2.51. The van der Waals surface area contributed by atoms with Crippen LogP contribution in [0.2, 0.25) is 0 Å². The van der Waals surface area contributed by atoms with E-state index in [2.05, 4.69) is 20.2 Å². The summed E-state index contributed by atoms with van der Waals surface area (Å²) in [5.41, 5.74) is 0. The Hall–Kier alpha value is -1.69. The smallest absolute Gasteiger partial charge is 0.148 e. The zero-order valence-corrected chi connectivity index (χ0v) is 9.85. The fraction of sp³-hybridized carbons (Fsp3) is 0.545. The Morgan fingerprint density at radius 3 is 2.94 bits per heavy atom. The quantitative estimate of drug-likeness (QED) is 0.811. The summed E-state index contributed by atoms with van der Waals surface area (Å²) in [5.74, 6) is 1.63. The van der Waals surface area contributed by atoms with Gasteiger partial charge in [-0.1, -0.05) is 0 Å². The molecule has 2 heterocycles. The molecule has 92 valence electrons. The van der Waals surface area contributed by atoms with Crippen LogP contribution < -0.4 is 10.2 Å². The maximum Gasteiger partial charge on any atom is 0.148 e. The van der Waals surface area contributed by atoms with Crippen LogP contribution in [0.1, 0.15) is 6.92 Å². The van der Waals surface area contributed by atoms with Crippen LogP contribution >= 0.6 is 0 Å². The number of anilines is 2. The first kappa shape index (κ1) is 11.8. The number of nitrogens with zero attached hydrogens (tertiary/aromatic N) is 3. The number of hydrogen-bond donors (Lipinski definition) is 1. The zero-order valence-electron chi connectivity index (χ0n) is 9.85. The van der Waals surface area contributed by atoms with E-state index in [0.29, 0.717) is 12.4 Å². The average molecular weight is 236 g/mol. The first-order valence-corrected chi connectivity index (χ1v) is 5.64. The number of carbonyl (C=O) groups excluding carboxylic acids is 1. The van der Waals surface area contributed by atoms with Crippen molar-refractivity contribution in [2.24, 2.45) is 0 Å². The van der Waals surface area contributed by atoms with Gasteiger partial charge in [0.05, 0.1) is 19.8 Å². The molecule has 0 aromatic carbocycles. The van der Waals surface area contributed by atoms with E-state index in [9.17, 15) is 4.79 Å². The predicted molar refractivity (Wildman–Crippen MR) is 64.2 cm³/mol. The summed E-state index contributed by atoms with van der Waals surface area (Å²) >= 11 is 0. The van der Waals surface area contributed by atoms with Gasteiger partial charge >= 0.3 is 0 Å². The molecule has 0 bridgehead atoms. The highest BCUT2D eigenvalue weighted by Gasteiger charge is 2.12. The Balaban J connectivity index is 2.02. The molecule has 6 heteroatoms. The van der Waals surface area contributed by atoms with E-state index in [4.69, 9.17) is 4.74 Å². The molecule has 1 aliphatic heterocycles. The Labute approximate surface area is 100 Å². The fourth-order valence-corrected chi connectivity index (χ4v) is 1.62. The molecular weight excluding hydrogens is 220 g/mol. The molecule has 0 aliphatic carbocycles. The third kappa shape index (κ3) is 3.39. The topological polar surface area (TPSA) is 67.4 Å². The molecule has 1 fully saturated rings. The van der Waals surface area contributed by atoms with E-state index in [1.54, 1.807) is 0 Å². The fourth-order valence-electron chi connectivity index (χ4n) is 1.62. The van der Waals surface area contributed by atoms with Gasteiger partial charge in [0.2, 0.25) is 0 Å². The number of carbonyl (C=O) groups is 1. The lowest BCUT2D eigenvalue weighted by molar-refractivity contribution is -0.115. The summed E-state index contributed by atoms with van der Waals surface area (Å²) in [6.07, 6.45) is 1.51. The Morgan fingerprint density at radius 1 is 1.47 bits per heavy atom. The summed E-state index contributed by atoms with van der Waals surface area (Å²) in [5, 5.41) is 2.97. The molecule has 1 aliphatic rings. The van der Waals surface area contributed by atoms with Gasteiger partial charge in [-0.2, -0.15) is 0 Å². The first-order chi connectivity index (χ1) is 8.25. The summed E-state index contributed by atoms with van der Waals surface area (Å²) < 4.78 is 5.29. The molecule has 2 rings (SSSR count). The minimum absolute atomic E-state index is 0.0801. The molecule has 0 atom stereocenters. The SMILES string of the molecule is CC(=O)CNc1cc(N2CCOCC2)ncn1. The molecule has 0 unspecified atom stereocenters. The number of ether oxygens (including phenoxy) is 1. The van der Waals surface area contributed by atoms with Crippen molar-refractivity contribution in [2.45, 2.75) is 6.92 Å². The normalized spacial score (nSPS) is 15.7. The molecular formula is C11H16N4O2. The molecule has 0 spiro atoms. The Morgan fingerprint density at radius 2 is 2.24 bits per heavy atom. The average Bonchev–Trinajstić information content (AvgIpc) is 2.38. The number of hydrogen-bond acceptors (Lipinski definition) is 6. The minimum atomic E-state index is 0.0801. The molecule has 1 aromatic rings. The lowest BCUT2D eigenvalue weighted by Crippen LogP contribution is -2.36. The summed E-state index contributed by atoms with van der Waals surface area (Å²) in [7, 11) is 0. The lowest BCUT2D eigenvalue weighted by atomic mass is 10.4. The lowest BCUT2D eigenvalue weighted by Gasteiger charge is -2.27. The van der Waals surface area contributed by atoms with Crippen LogP contribution in [0.3, 0.4) is 0 Å². The van der Waals surface area contributed by atoms with Crippen molar-refractivity contribution in [2.75, 3.05) is 43.1 Å². The minimum Gasteiger partial charge on any atom is -0.378 e. The molecule has 6 nitrogen and oxygen atoms in total. The van der Waals surface area contributed by atoms with Gasteiger partial charge in [0.15, 0.2) is 0 Å². The summed E-state index contributed by atoms with van der Waals surface area (Å²) in [4.78, 5) is 21.3. The maximum atomic E-state index is 10.9. The molecule has 1 N–H and O–H groups in total. The summed E-state index contributed by atoms with van der Waals surface area (Å²) in [6, 6.07) is 1.86. The zero-order chi connectivity index (χ0) is 12.1. The maximum absolute atomic E-state index is 10.9. The number of rotatable bonds is 4. The van der Waals surface area contributed by atoms with Gasteiger partial charge < -0.3 is 15.0 Å². The van der Waals surface area contributed by atoms with Crippen LogP contribution in [0, 0.1) is 0 Å². The first-order valence-electron chi connectivity index (χ1n) is 5.64. The number of nitrogens with one attached hydrogen (secondary N) is 1. The van der Waals surface area contributed by atoms with Crippen LogP contribution in [-0.4, -0.2) is 48.6 Å². The number of morpholine rings is 1. The van der Waals surface area contributed by atoms with Crippen molar-refractivity contribution in [3.05, 3.63) is 12.4 Å². The van der Waals surface area contributed by atoms with Crippen molar-refractivity contribution in [1.82, 2.24) is 9.97 Å². The van der Waals surface area contributed by atoms with E-state index in [0.717, 1.165) is 32.1 Å².